The van der Waals surface area contributed by atoms with Gasteiger partial charge in [0, 0.05) is 18.9 Å². The van der Waals surface area contributed by atoms with Gasteiger partial charge in [0.15, 0.2) is 11.5 Å². The van der Waals surface area contributed by atoms with Crippen molar-refractivity contribution in [1.82, 2.24) is 0 Å². The number of ketones is 1. The molecule has 104 valence electrons. The van der Waals surface area contributed by atoms with E-state index >= 15 is 0 Å². The van der Waals surface area contributed by atoms with Crippen LogP contribution in [0, 0.1) is 0 Å². The maximum Gasteiger partial charge on any atom is 0.194 e. The minimum atomic E-state index is -0.0267. The molecule has 1 heterocycles. The summed E-state index contributed by atoms with van der Waals surface area (Å²) in [5, 5.41) is 0. The van der Waals surface area contributed by atoms with Gasteiger partial charge in [-0.1, -0.05) is 30.3 Å². The molecular weight excluding hydrogens is 252 g/mol. The van der Waals surface area contributed by atoms with Crippen molar-refractivity contribution in [3.8, 4) is 0 Å². The van der Waals surface area contributed by atoms with Crippen LogP contribution in [0.4, 0.5) is 0 Å². The number of fused-ring (bicyclic) bond motifs is 1. The van der Waals surface area contributed by atoms with Gasteiger partial charge in [-0.25, -0.2) is 0 Å². The topological polar surface area (TPSA) is 39.4 Å². The van der Waals surface area contributed by atoms with Gasteiger partial charge in [-0.15, -0.1) is 0 Å². The molecule has 0 fully saturated rings. The number of hydrogen-bond acceptors (Lipinski definition) is 3. The summed E-state index contributed by atoms with van der Waals surface area (Å²) in [5.41, 5.74) is 2.22. The first-order chi connectivity index (χ1) is 9.74. The predicted octanol–water partition coefficient (Wildman–Crippen LogP) is 4.08. The Morgan fingerprint density at radius 3 is 2.90 bits per heavy atom. The SMILES string of the molecule is CC(=O)c1cc2c(o1)CCCC2OCc1ccccc1. The Labute approximate surface area is 118 Å². The number of carbonyl (C=O) groups is 1. The molecule has 0 saturated heterocycles. The standard InChI is InChI=1S/C17H18O3/c1-12(18)17-10-14-15(8-5-9-16(14)20-17)19-11-13-6-3-2-4-7-13/h2-4,6-7,10,15H,5,8-9,11H2,1H3. The molecule has 3 nitrogen and oxygen atoms in total. The van der Waals surface area contributed by atoms with Gasteiger partial charge in [-0.2, -0.15) is 0 Å². The molecule has 1 aromatic carbocycles. The number of furan rings is 1. The normalized spacial score (nSPS) is 17.8. The summed E-state index contributed by atoms with van der Waals surface area (Å²) < 4.78 is 11.6. The lowest BCUT2D eigenvalue weighted by Gasteiger charge is -2.21. The lowest BCUT2D eigenvalue weighted by atomic mass is 9.95. The van der Waals surface area contributed by atoms with Gasteiger partial charge in [0.25, 0.3) is 0 Å². The van der Waals surface area contributed by atoms with Crippen molar-refractivity contribution >= 4 is 5.78 Å². The first-order valence-electron chi connectivity index (χ1n) is 7.03. The highest BCUT2D eigenvalue weighted by molar-refractivity contribution is 5.91. The van der Waals surface area contributed by atoms with E-state index in [4.69, 9.17) is 9.15 Å². The highest BCUT2D eigenvalue weighted by Crippen LogP contribution is 2.35. The molecule has 20 heavy (non-hydrogen) atoms. The highest BCUT2D eigenvalue weighted by Gasteiger charge is 2.26. The van der Waals surface area contributed by atoms with E-state index < -0.39 is 0 Å². The number of aryl methyl sites for hydroxylation is 1. The second kappa shape index (κ2) is 5.63. The number of benzene rings is 1. The van der Waals surface area contributed by atoms with Gasteiger partial charge < -0.3 is 9.15 Å². The van der Waals surface area contributed by atoms with Gasteiger partial charge >= 0.3 is 0 Å². The number of ether oxygens (including phenoxy) is 1. The van der Waals surface area contributed by atoms with Crippen LogP contribution in [0.5, 0.6) is 0 Å². The van der Waals surface area contributed by atoms with E-state index in [1.807, 2.05) is 24.3 Å². The van der Waals surface area contributed by atoms with E-state index in [-0.39, 0.29) is 11.9 Å². The molecule has 1 atom stereocenters. The zero-order valence-corrected chi connectivity index (χ0v) is 11.6. The smallest absolute Gasteiger partial charge is 0.194 e. The van der Waals surface area contributed by atoms with Gasteiger partial charge in [-0.05, 0) is 24.5 Å². The lowest BCUT2D eigenvalue weighted by Crippen LogP contribution is -2.11. The molecule has 0 N–H and O–H groups in total. The van der Waals surface area contributed by atoms with Crippen molar-refractivity contribution in [2.45, 2.75) is 38.9 Å². The van der Waals surface area contributed by atoms with Gasteiger partial charge in [0.1, 0.15) is 5.76 Å². The van der Waals surface area contributed by atoms with Crippen molar-refractivity contribution in [2.24, 2.45) is 0 Å². The zero-order valence-electron chi connectivity index (χ0n) is 11.6. The quantitative estimate of drug-likeness (QED) is 0.786. The monoisotopic (exact) mass is 270 g/mol. The van der Waals surface area contributed by atoms with E-state index in [0.717, 1.165) is 36.1 Å². The van der Waals surface area contributed by atoms with E-state index in [9.17, 15) is 4.79 Å². The Bertz CT molecular complexity index is 598. The largest absolute Gasteiger partial charge is 0.458 e. The molecule has 1 unspecified atom stereocenters. The lowest BCUT2D eigenvalue weighted by molar-refractivity contribution is 0.0267. The summed E-state index contributed by atoms with van der Waals surface area (Å²) in [5.74, 6) is 1.34. The van der Waals surface area contributed by atoms with Crippen LogP contribution in [-0.2, 0) is 17.8 Å². The van der Waals surface area contributed by atoms with Crippen LogP contribution in [0.2, 0.25) is 0 Å². The minimum Gasteiger partial charge on any atom is -0.458 e. The van der Waals surface area contributed by atoms with E-state index in [0.29, 0.717) is 12.4 Å². The van der Waals surface area contributed by atoms with Crippen LogP contribution >= 0.6 is 0 Å². The Kier molecular flexibility index (Phi) is 3.70. The van der Waals surface area contributed by atoms with Crippen molar-refractivity contribution in [3.63, 3.8) is 0 Å². The van der Waals surface area contributed by atoms with Crippen LogP contribution in [0.15, 0.2) is 40.8 Å². The summed E-state index contributed by atoms with van der Waals surface area (Å²) in [6, 6.07) is 12.0. The van der Waals surface area contributed by atoms with Crippen molar-refractivity contribution in [2.75, 3.05) is 0 Å². The third kappa shape index (κ3) is 2.68. The Morgan fingerprint density at radius 1 is 1.35 bits per heavy atom. The van der Waals surface area contributed by atoms with E-state index in [1.165, 1.54) is 6.92 Å². The fourth-order valence-electron chi connectivity index (χ4n) is 2.63. The van der Waals surface area contributed by atoms with Gasteiger partial charge in [-0.3, -0.25) is 4.79 Å². The Morgan fingerprint density at radius 2 is 2.15 bits per heavy atom. The number of carbonyl (C=O) groups excluding carboxylic acids is 1. The van der Waals surface area contributed by atoms with Crippen LogP contribution in [0.3, 0.4) is 0 Å². The fourth-order valence-corrected chi connectivity index (χ4v) is 2.63. The second-order valence-corrected chi connectivity index (χ2v) is 5.22. The molecule has 1 aliphatic carbocycles. The third-order valence-electron chi connectivity index (χ3n) is 3.70. The average Bonchev–Trinajstić information content (AvgIpc) is 2.91. The summed E-state index contributed by atoms with van der Waals surface area (Å²) in [6.07, 6.45) is 2.96. The molecule has 0 amide bonds. The maximum atomic E-state index is 11.4. The minimum absolute atomic E-state index is 0.0267. The van der Waals surface area contributed by atoms with E-state index in [1.54, 1.807) is 0 Å². The van der Waals surface area contributed by atoms with Crippen molar-refractivity contribution in [1.29, 1.82) is 0 Å². The Hall–Kier alpha value is -1.87. The van der Waals surface area contributed by atoms with Crippen LogP contribution in [-0.4, -0.2) is 5.78 Å². The molecule has 1 aromatic heterocycles. The third-order valence-corrected chi connectivity index (χ3v) is 3.70. The predicted molar refractivity (Wildman–Crippen MR) is 75.6 cm³/mol. The molecule has 0 spiro atoms. The van der Waals surface area contributed by atoms with Crippen molar-refractivity contribution < 1.29 is 13.9 Å². The maximum absolute atomic E-state index is 11.4. The first kappa shape index (κ1) is 13.1. The molecule has 0 bridgehead atoms. The average molecular weight is 270 g/mol. The van der Waals surface area contributed by atoms with Crippen LogP contribution in [0.1, 0.15) is 53.3 Å². The number of rotatable bonds is 4. The van der Waals surface area contributed by atoms with E-state index in [2.05, 4.69) is 12.1 Å². The molecule has 0 radical (unpaired) electrons. The molecule has 0 saturated carbocycles. The van der Waals surface area contributed by atoms with Crippen LogP contribution in [0.25, 0.3) is 0 Å². The van der Waals surface area contributed by atoms with Gasteiger partial charge in [0.05, 0.1) is 12.7 Å². The molecular formula is C17H18O3. The Balaban J connectivity index is 1.74. The summed E-state index contributed by atoms with van der Waals surface area (Å²) in [6.45, 7) is 2.12. The summed E-state index contributed by atoms with van der Waals surface area (Å²) in [4.78, 5) is 11.4. The summed E-state index contributed by atoms with van der Waals surface area (Å²) >= 11 is 0. The number of Topliss-reactive ketones (excluding diaryl/α,β-unsaturated/α-hetero) is 1. The van der Waals surface area contributed by atoms with Gasteiger partial charge in [0.2, 0.25) is 0 Å². The molecule has 1 aliphatic rings. The molecule has 0 aliphatic heterocycles. The zero-order chi connectivity index (χ0) is 13.9. The first-order valence-corrected chi connectivity index (χ1v) is 7.03. The molecule has 3 rings (SSSR count). The summed E-state index contributed by atoms with van der Waals surface area (Å²) in [7, 11) is 0. The fraction of sp³-hybridized carbons (Fsp3) is 0.353. The number of hydrogen-bond donors (Lipinski definition) is 0. The molecule has 3 heteroatoms. The van der Waals surface area contributed by atoms with Crippen molar-refractivity contribution in [3.05, 3.63) is 59.0 Å². The van der Waals surface area contributed by atoms with Crippen LogP contribution < -0.4 is 0 Å². The molecule has 2 aromatic rings. The second-order valence-electron chi connectivity index (χ2n) is 5.22. The highest BCUT2D eigenvalue weighted by atomic mass is 16.5.